The maximum absolute atomic E-state index is 10.1. The number of hydrogen-bond acceptors (Lipinski definition) is 4. The van der Waals surface area contributed by atoms with E-state index in [1.54, 1.807) is 0 Å². The van der Waals surface area contributed by atoms with Gasteiger partial charge in [0.25, 0.3) is 0 Å². The van der Waals surface area contributed by atoms with Crippen LogP contribution in [0.5, 0.6) is 0 Å². The lowest BCUT2D eigenvalue weighted by atomic mass is 10.7. The maximum atomic E-state index is 10.1. The van der Waals surface area contributed by atoms with Crippen LogP contribution in [0, 0.1) is 10.1 Å². The summed E-state index contributed by atoms with van der Waals surface area (Å²) in [4.78, 5) is 25.1. The zero-order valence-electron chi connectivity index (χ0n) is 4.14. The molecule has 1 amide bonds. The van der Waals surface area contributed by atoms with E-state index in [-0.39, 0.29) is 0 Å². The molecular formula is C3HN3O3. The molecule has 6 nitrogen and oxygen atoms in total. The molecule has 0 aromatic rings. The third-order valence-electron chi connectivity index (χ3n) is 0.664. The predicted octanol–water partition coefficient (Wildman–Crippen LogP) is -0.770. The largest absolute Gasteiger partial charge is 0.472 e. The van der Waals surface area contributed by atoms with Gasteiger partial charge in [-0.15, -0.1) is 0 Å². The van der Waals surface area contributed by atoms with E-state index in [1.165, 1.54) is 0 Å². The first-order chi connectivity index (χ1) is 4.20. The van der Waals surface area contributed by atoms with Crippen LogP contribution in [0.1, 0.15) is 0 Å². The van der Waals surface area contributed by atoms with Crippen molar-refractivity contribution < 1.29 is 9.72 Å². The third kappa shape index (κ3) is 0.958. The van der Waals surface area contributed by atoms with Gasteiger partial charge >= 0.3 is 11.9 Å². The molecule has 1 aliphatic heterocycles. The summed E-state index contributed by atoms with van der Waals surface area (Å²) in [6, 6.07) is 0. The molecule has 6 heteroatoms. The maximum Gasteiger partial charge on any atom is 0.472 e. The summed E-state index contributed by atoms with van der Waals surface area (Å²) >= 11 is 0. The Morgan fingerprint density at radius 3 is 2.56 bits per heavy atom. The zero-order chi connectivity index (χ0) is 6.85. The van der Waals surface area contributed by atoms with E-state index in [1.807, 2.05) is 0 Å². The second kappa shape index (κ2) is 1.73. The quantitative estimate of drug-likeness (QED) is 0.316. The van der Waals surface area contributed by atoms with Gasteiger partial charge in [0.15, 0.2) is 6.21 Å². The monoisotopic (exact) mass is 127 g/mol. The first-order valence-electron chi connectivity index (χ1n) is 2.01. The smallest absolute Gasteiger partial charge is 0.390 e. The van der Waals surface area contributed by atoms with Crippen LogP contribution >= 0.6 is 0 Å². The van der Waals surface area contributed by atoms with Crippen molar-refractivity contribution >= 4 is 18.1 Å². The summed E-state index contributed by atoms with van der Waals surface area (Å²) in [5, 5.41) is 9.76. The van der Waals surface area contributed by atoms with Crippen molar-refractivity contribution in [2.24, 2.45) is 9.98 Å². The van der Waals surface area contributed by atoms with Gasteiger partial charge in [0.05, 0.1) is 0 Å². The summed E-state index contributed by atoms with van der Waals surface area (Å²) in [6.07, 6.45) is 0.804. The lowest BCUT2D eigenvalue weighted by Gasteiger charge is -1.83. The Morgan fingerprint density at radius 2 is 2.33 bits per heavy atom. The number of amides is 1. The fourth-order valence-corrected chi connectivity index (χ4v) is 0.357. The zero-order valence-corrected chi connectivity index (χ0v) is 4.14. The highest BCUT2D eigenvalue weighted by Gasteiger charge is 2.20. The Balaban J connectivity index is 2.88. The van der Waals surface area contributed by atoms with Crippen molar-refractivity contribution in [3.05, 3.63) is 10.1 Å². The number of aliphatic imine (C=N–C) groups is 2. The molecule has 0 aromatic carbocycles. The van der Waals surface area contributed by atoms with Gasteiger partial charge in [-0.05, 0) is 9.92 Å². The van der Waals surface area contributed by atoms with E-state index < -0.39 is 16.8 Å². The van der Waals surface area contributed by atoms with E-state index in [9.17, 15) is 14.9 Å². The molecule has 0 atom stereocenters. The highest BCUT2D eigenvalue weighted by molar-refractivity contribution is 6.33. The van der Waals surface area contributed by atoms with E-state index in [4.69, 9.17) is 0 Å². The highest BCUT2D eigenvalue weighted by atomic mass is 16.6. The molecule has 46 valence electrons. The summed E-state index contributed by atoms with van der Waals surface area (Å²) < 4.78 is 0. The molecule has 0 aliphatic carbocycles. The molecule has 9 heavy (non-hydrogen) atoms. The molecule has 1 rings (SSSR count). The van der Waals surface area contributed by atoms with Gasteiger partial charge < -0.3 is 10.1 Å². The van der Waals surface area contributed by atoms with Gasteiger partial charge in [0.1, 0.15) is 0 Å². The average Bonchev–Trinajstić information content (AvgIpc) is 2.14. The Labute approximate surface area is 49.1 Å². The van der Waals surface area contributed by atoms with Crippen LogP contribution in [0.25, 0.3) is 0 Å². The molecular weight excluding hydrogens is 126 g/mol. The van der Waals surface area contributed by atoms with Crippen LogP contribution in [0.4, 0.5) is 0 Å². The molecule has 0 saturated heterocycles. The predicted molar refractivity (Wildman–Crippen MR) is 27.9 cm³/mol. The van der Waals surface area contributed by atoms with Crippen molar-refractivity contribution in [3.63, 3.8) is 0 Å². The number of hydrogen-bond donors (Lipinski definition) is 0. The molecule has 0 bridgehead atoms. The number of nitrogens with zero attached hydrogens (tertiary/aromatic N) is 3. The normalized spacial score (nSPS) is 16.0. The summed E-state index contributed by atoms with van der Waals surface area (Å²) in [6.45, 7) is 0. The van der Waals surface area contributed by atoms with Crippen LogP contribution in [-0.4, -0.2) is 23.0 Å². The van der Waals surface area contributed by atoms with Crippen molar-refractivity contribution in [3.8, 4) is 0 Å². The van der Waals surface area contributed by atoms with Crippen molar-refractivity contribution in [1.82, 2.24) is 0 Å². The second-order valence-electron chi connectivity index (χ2n) is 1.27. The van der Waals surface area contributed by atoms with Gasteiger partial charge in [0, 0.05) is 0 Å². The summed E-state index contributed by atoms with van der Waals surface area (Å²) in [5.41, 5.74) is 0. The first kappa shape index (κ1) is 5.54. The molecule has 0 saturated carbocycles. The molecule has 0 N–H and O–H groups in total. The molecule has 1 heterocycles. The van der Waals surface area contributed by atoms with Crippen molar-refractivity contribution in [2.75, 3.05) is 0 Å². The SMILES string of the molecule is O=C1C=NC([N+](=O)[O-])=N1. The average molecular weight is 127 g/mol. The fraction of sp³-hybridized carbons (Fsp3) is 0. The Morgan fingerprint density at radius 1 is 1.67 bits per heavy atom. The fourth-order valence-electron chi connectivity index (χ4n) is 0.357. The molecule has 0 unspecified atom stereocenters. The minimum absolute atomic E-state index is 0.639. The number of nitro groups is 1. The van der Waals surface area contributed by atoms with Crippen molar-refractivity contribution in [2.45, 2.75) is 0 Å². The van der Waals surface area contributed by atoms with Crippen LogP contribution in [0.3, 0.4) is 0 Å². The third-order valence-corrected chi connectivity index (χ3v) is 0.664. The van der Waals surface area contributed by atoms with E-state index in [0.717, 1.165) is 6.21 Å². The molecule has 0 aromatic heterocycles. The topological polar surface area (TPSA) is 84.9 Å². The van der Waals surface area contributed by atoms with Gasteiger partial charge in [-0.3, -0.25) is 0 Å². The van der Waals surface area contributed by atoms with Crippen LogP contribution in [-0.2, 0) is 4.79 Å². The molecule has 0 spiro atoms. The van der Waals surface area contributed by atoms with Gasteiger partial charge in [-0.25, -0.2) is 4.79 Å². The van der Waals surface area contributed by atoms with E-state index in [2.05, 4.69) is 9.98 Å². The Bertz CT molecular complexity index is 228. The molecule has 0 radical (unpaired) electrons. The molecule has 1 aliphatic rings. The standard InChI is InChI=1S/C3HN3O3/c7-2-1-4-3(5-2)6(8)9/h1H. The van der Waals surface area contributed by atoms with Gasteiger partial charge in [-0.1, -0.05) is 4.99 Å². The Hall–Kier alpha value is -1.59. The number of carbonyl (C=O) groups excluding carboxylic acids is 1. The van der Waals surface area contributed by atoms with E-state index >= 15 is 0 Å². The van der Waals surface area contributed by atoms with E-state index in [0.29, 0.717) is 0 Å². The minimum Gasteiger partial charge on any atom is -0.390 e. The van der Waals surface area contributed by atoms with Crippen LogP contribution in [0.15, 0.2) is 9.98 Å². The number of carbonyl (C=O) groups is 1. The first-order valence-corrected chi connectivity index (χ1v) is 2.01. The summed E-state index contributed by atoms with van der Waals surface area (Å²) in [7, 11) is 0. The lowest BCUT2D eigenvalue weighted by molar-refractivity contribution is -0.351. The molecule has 0 fully saturated rings. The van der Waals surface area contributed by atoms with Crippen LogP contribution < -0.4 is 0 Å². The van der Waals surface area contributed by atoms with Crippen LogP contribution in [0.2, 0.25) is 0 Å². The van der Waals surface area contributed by atoms with Crippen molar-refractivity contribution in [1.29, 1.82) is 0 Å². The summed E-state index contributed by atoms with van der Waals surface area (Å²) in [5.74, 6) is -1.32. The minimum atomic E-state index is -0.818. The highest BCUT2D eigenvalue weighted by Crippen LogP contribution is 1.90. The second-order valence-corrected chi connectivity index (χ2v) is 1.27. The number of rotatable bonds is 0. The van der Waals surface area contributed by atoms with Gasteiger partial charge in [0.2, 0.25) is 0 Å². The lowest BCUT2D eigenvalue weighted by Crippen LogP contribution is -2.05. The Kier molecular flexibility index (Phi) is 1.07. The number of guanidine groups is 1. The van der Waals surface area contributed by atoms with Gasteiger partial charge in [-0.2, -0.15) is 0 Å².